The zero-order valence-corrected chi connectivity index (χ0v) is 32.8. The summed E-state index contributed by atoms with van der Waals surface area (Å²) in [6.45, 7) is 3.60. The predicted octanol–water partition coefficient (Wildman–Crippen LogP) is 7.06. The monoisotopic (exact) mass is 792 g/mol. The van der Waals surface area contributed by atoms with Crippen LogP contribution < -0.4 is 18.9 Å². The molecule has 14 heteroatoms. The van der Waals surface area contributed by atoms with Crippen molar-refractivity contribution in [3.8, 4) is 0 Å². The van der Waals surface area contributed by atoms with Crippen LogP contribution in [0.15, 0.2) is 142 Å². The average molecular weight is 793 g/mol. The summed E-state index contributed by atoms with van der Waals surface area (Å²) in [6.07, 6.45) is 4.22. The average Bonchev–Trinajstić information content (AvgIpc) is 3.23. The highest BCUT2D eigenvalue weighted by molar-refractivity contribution is 8.76. The number of hydrogen-bond donors (Lipinski definition) is 4. The van der Waals surface area contributed by atoms with E-state index in [1.165, 1.54) is 0 Å². The lowest BCUT2D eigenvalue weighted by Crippen LogP contribution is -2.35. The van der Waals surface area contributed by atoms with Gasteiger partial charge in [0, 0.05) is 61.8 Å². The van der Waals surface area contributed by atoms with Crippen molar-refractivity contribution in [3.05, 3.63) is 122 Å². The van der Waals surface area contributed by atoms with Gasteiger partial charge in [0.2, 0.25) is 11.0 Å². The maximum atomic E-state index is 9.35. The van der Waals surface area contributed by atoms with Gasteiger partial charge in [-0.3, -0.25) is 0 Å². The Morgan fingerprint density at radius 3 is 1.21 bits per heavy atom. The fourth-order valence-electron chi connectivity index (χ4n) is 6.43. The third-order valence-electron chi connectivity index (χ3n) is 9.17. The molecule has 0 aliphatic rings. The van der Waals surface area contributed by atoms with Crippen LogP contribution in [0.1, 0.15) is 0 Å². The molecule has 0 unspecified atom stereocenters. The Hall–Kier alpha value is -4.96. The van der Waals surface area contributed by atoms with Crippen LogP contribution in [-0.2, 0) is 13.1 Å². The first-order valence-corrected chi connectivity index (χ1v) is 21.1. The van der Waals surface area contributed by atoms with E-state index in [0.29, 0.717) is 26.2 Å². The van der Waals surface area contributed by atoms with Crippen LogP contribution in [0.5, 0.6) is 0 Å². The van der Waals surface area contributed by atoms with Gasteiger partial charge in [0.05, 0.1) is 71.5 Å². The van der Waals surface area contributed by atoms with Crippen LogP contribution in [0, 0.1) is 0 Å². The Morgan fingerprint density at radius 2 is 0.839 bits per heavy atom. The number of hydrogen-bond acceptors (Lipinski definition) is 12. The lowest BCUT2D eigenvalue weighted by molar-refractivity contribution is -0.666. The molecule has 2 aromatic heterocycles. The smallest absolute Gasteiger partial charge is 0.214 e. The second-order valence-corrected chi connectivity index (χ2v) is 15.5. The predicted molar refractivity (Wildman–Crippen MR) is 227 cm³/mol. The molecule has 0 saturated carbocycles. The molecule has 0 spiro atoms. The van der Waals surface area contributed by atoms with E-state index in [9.17, 15) is 20.4 Å². The fraction of sp³-hybridized carbons (Fsp3) is 0.286. The second kappa shape index (κ2) is 21.4. The molecular formula is C42H48N8O4S2+2. The van der Waals surface area contributed by atoms with Crippen molar-refractivity contribution in [2.45, 2.75) is 13.1 Å². The Labute approximate surface area is 334 Å². The van der Waals surface area contributed by atoms with Gasteiger partial charge in [-0.25, -0.2) is 0 Å². The van der Waals surface area contributed by atoms with E-state index in [2.05, 4.69) is 78.4 Å². The number of anilines is 2. The van der Waals surface area contributed by atoms with Crippen LogP contribution in [-0.4, -0.2) is 84.5 Å². The van der Waals surface area contributed by atoms with Crippen molar-refractivity contribution >= 4 is 77.5 Å². The standard InChI is InChI=1S/C42H48N8O4S2/c51-27-21-47(22-28-52)35-15-11-33(12-16-35)43-45-39-7-1-9-41-37(39)5-3-19-49(41)25-31-55-56-32-26-50-20-4-6-38-40(8-2-10-42(38)50)46-44-34-13-17-36(18-14-34)48(23-29-53)24-30-54/h1-20,51-54H,21-32H2/q+2. The summed E-state index contributed by atoms with van der Waals surface area (Å²) in [6, 6.07) is 35.8. The van der Waals surface area contributed by atoms with Gasteiger partial charge < -0.3 is 30.2 Å². The number of aromatic nitrogens is 2. The molecule has 6 aromatic rings. The number of aliphatic hydroxyl groups is 4. The van der Waals surface area contributed by atoms with Gasteiger partial charge in [-0.05, 0) is 72.8 Å². The Bertz CT molecular complexity index is 2040. The molecule has 0 bridgehead atoms. The minimum absolute atomic E-state index is 0.0166. The van der Waals surface area contributed by atoms with Crippen LogP contribution in [0.3, 0.4) is 0 Å². The molecule has 6 rings (SSSR count). The molecule has 0 radical (unpaired) electrons. The van der Waals surface area contributed by atoms with Crippen molar-refractivity contribution in [3.63, 3.8) is 0 Å². The molecule has 290 valence electrons. The van der Waals surface area contributed by atoms with E-state index >= 15 is 0 Å². The molecule has 2 heterocycles. The second-order valence-electron chi connectivity index (χ2n) is 12.8. The van der Waals surface area contributed by atoms with Gasteiger partial charge >= 0.3 is 0 Å². The fourth-order valence-corrected chi connectivity index (χ4v) is 8.36. The third-order valence-corrected chi connectivity index (χ3v) is 11.5. The van der Waals surface area contributed by atoms with E-state index in [1.54, 1.807) is 0 Å². The normalized spacial score (nSPS) is 11.7. The summed E-state index contributed by atoms with van der Waals surface area (Å²) in [5, 5.41) is 57.6. The highest BCUT2D eigenvalue weighted by Crippen LogP contribution is 2.29. The number of benzene rings is 4. The summed E-state index contributed by atoms with van der Waals surface area (Å²) in [4.78, 5) is 3.86. The molecule has 0 fully saturated rings. The minimum Gasteiger partial charge on any atom is -0.395 e. The maximum Gasteiger partial charge on any atom is 0.214 e. The van der Waals surface area contributed by atoms with Gasteiger partial charge in [0.1, 0.15) is 0 Å². The number of fused-ring (bicyclic) bond motifs is 2. The summed E-state index contributed by atoms with van der Waals surface area (Å²) in [5.41, 5.74) is 7.10. The highest BCUT2D eigenvalue weighted by Gasteiger charge is 2.14. The van der Waals surface area contributed by atoms with Crippen molar-refractivity contribution < 1.29 is 29.6 Å². The summed E-state index contributed by atoms with van der Waals surface area (Å²) >= 11 is 0. The van der Waals surface area contributed by atoms with E-state index < -0.39 is 0 Å². The summed E-state index contributed by atoms with van der Waals surface area (Å²) in [7, 11) is 3.73. The number of nitrogens with zero attached hydrogens (tertiary/aromatic N) is 8. The summed E-state index contributed by atoms with van der Waals surface area (Å²) in [5.74, 6) is 1.89. The van der Waals surface area contributed by atoms with Crippen LogP contribution in [0.25, 0.3) is 21.8 Å². The summed E-state index contributed by atoms with van der Waals surface area (Å²) < 4.78 is 4.53. The molecular weight excluding hydrogens is 745 g/mol. The topological polar surface area (TPSA) is 145 Å². The Kier molecular flexibility index (Phi) is 15.5. The molecule has 56 heavy (non-hydrogen) atoms. The molecule has 0 amide bonds. The number of aryl methyl sites for hydroxylation is 2. The zero-order valence-electron chi connectivity index (χ0n) is 31.2. The largest absolute Gasteiger partial charge is 0.395 e. The molecule has 4 aromatic carbocycles. The highest BCUT2D eigenvalue weighted by atomic mass is 33.1. The van der Waals surface area contributed by atoms with E-state index in [4.69, 9.17) is 0 Å². The van der Waals surface area contributed by atoms with Gasteiger partial charge in [0.25, 0.3) is 0 Å². The molecule has 0 atom stereocenters. The lowest BCUT2D eigenvalue weighted by Gasteiger charge is -2.22. The molecule has 0 aliphatic carbocycles. The number of azo groups is 2. The quantitative estimate of drug-likeness (QED) is 0.0263. The van der Waals surface area contributed by atoms with Crippen LogP contribution in [0.2, 0.25) is 0 Å². The van der Waals surface area contributed by atoms with Crippen molar-refractivity contribution in [1.82, 2.24) is 0 Å². The molecule has 4 N–H and O–H groups in total. The lowest BCUT2D eigenvalue weighted by atomic mass is 10.2. The molecule has 12 nitrogen and oxygen atoms in total. The van der Waals surface area contributed by atoms with Crippen molar-refractivity contribution in [1.29, 1.82) is 0 Å². The first kappa shape index (κ1) is 40.7. The molecule has 0 aliphatic heterocycles. The Balaban J connectivity index is 1.02. The van der Waals surface area contributed by atoms with Crippen LogP contribution in [0.4, 0.5) is 34.1 Å². The first-order valence-electron chi connectivity index (χ1n) is 18.7. The zero-order chi connectivity index (χ0) is 39.0. The SMILES string of the molecule is OCCN(CCO)c1ccc(/N=N/c2cccc3c2ccc[n+]3CCSSCC[n+]2cccc3c(/N=N/c4ccc(N(CCO)CCO)cc4)cccc32)cc1. The van der Waals surface area contributed by atoms with Gasteiger partial charge in [0.15, 0.2) is 25.5 Å². The van der Waals surface area contributed by atoms with E-state index in [0.717, 1.165) is 80.5 Å². The van der Waals surface area contributed by atoms with Gasteiger partial charge in [-0.2, -0.15) is 19.4 Å². The number of rotatable bonds is 21. The van der Waals surface area contributed by atoms with Gasteiger partial charge in [-0.1, -0.05) is 33.7 Å². The first-order chi connectivity index (χ1) is 27.6. The van der Waals surface area contributed by atoms with Crippen molar-refractivity contribution in [2.24, 2.45) is 20.5 Å². The minimum atomic E-state index is 0.0166. The van der Waals surface area contributed by atoms with E-state index in [1.807, 2.05) is 104 Å². The molecule has 0 saturated heterocycles. The number of pyridine rings is 2. The van der Waals surface area contributed by atoms with Crippen molar-refractivity contribution in [2.75, 3.05) is 73.9 Å². The number of aliphatic hydroxyl groups excluding tert-OH is 4. The Morgan fingerprint density at radius 1 is 0.446 bits per heavy atom. The van der Waals surface area contributed by atoms with E-state index in [-0.39, 0.29) is 26.4 Å². The van der Waals surface area contributed by atoms with Gasteiger partial charge in [-0.15, -0.1) is 10.2 Å². The maximum absolute atomic E-state index is 9.35. The third kappa shape index (κ3) is 10.9. The van der Waals surface area contributed by atoms with Crippen LogP contribution >= 0.6 is 21.6 Å².